The van der Waals surface area contributed by atoms with Crippen LogP contribution in [0.2, 0.25) is 0 Å². The second-order valence-corrected chi connectivity index (χ2v) is 4.21. The monoisotopic (exact) mass is 236 g/mol. The fraction of sp³-hybridized carbons (Fsp3) is 0.500. The predicted molar refractivity (Wildman–Crippen MR) is 63.3 cm³/mol. The lowest BCUT2D eigenvalue weighted by atomic mass is 10.0. The summed E-state index contributed by atoms with van der Waals surface area (Å²) < 4.78 is 0. The van der Waals surface area contributed by atoms with Gasteiger partial charge in [0.15, 0.2) is 0 Å². The number of aliphatic hydroxyl groups excluding tert-OH is 1. The van der Waals surface area contributed by atoms with Crippen molar-refractivity contribution in [1.82, 2.24) is 4.98 Å². The van der Waals surface area contributed by atoms with Crippen molar-refractivity contribution < 1.29 is 15.0 Å². The van der Waals surface area contributed by atoms with Crippen molar-refractivity contribution in [2.24, 2.45) is 0 Å². The summed E-state index contributed by atoms with van der Waals surface area (Å²) in [4.78, 5) is 17.2. The van der Waals surface area contributed by atoms with E-state index in [1.165, 1.54) is 0 Å². The molecule has 1 aliphatic rings. The summed E-state index contributed by atoms with van der Waals surface area (Å²) in [6, 6.07) is 3.15. The summed E-state index contributed by atoms with van der Waals surface area (Å²) in [5.41, 5.74) is 0.202. The Balaban J connectivity index is 2.34. The standard InChI is InChI=1S/C12H16N2O3/c15-8-9-4-1-2-7-14(9)11-10(12(16)17)5-3-6-13-11/h3,5-6,9,15H,1-2,4,7-8H2,(H,16,17)/t9-/m0/s1. The number of carboxylic acid groups (broad SMARTS) is 1. The summed E-state index contributed by atoms with van der Waals surface area (Å²) >= 11 is 0. The SMILES string of the molecule is O=C(O)c1cccnc1N1CCCC[C@H]1CO. The number of hydrogen-bond donors (Lipinski definition) is 2. The molecule has 0 saturated carbocycles. The van der Waals surface area contributed by atoms with Crippen molar-refractivity contribution in [1.29, 1.82) is 0 Å². The van der Waals surface area contributed by atoms with Gasteiger partial charge in [0.1, 0.15) is 11.4 Å². The molecule has 1 aromatic rings. The Morgan fingerprint density at radius 1 is 1.53 bits per heavy atom. The molecule has 2 heterocycles. The average molecular weight is 236 g/mol. The highest BCUT2D eigenvalue weighted by atomic mass is 16.4. The quantitative estimate of drug-likeness (QED) is 0.823. The van der Waals surface area contributed by atoms with Crippen LogP contribution in [0, 0.1) is 0 Å². The maximum absolute atomic E-state index is 11.1. The highest BCUT2D eigenvalue weighted by Gasteiger charge is 2.26. The first kappa shape index (κ1) is 11.9. The zero-order valence-corrected chi connectivity index (χ0v) is 9.54. The van der Waals surface area contributed by atoms with Gasteiger partial charge in [0.25, 0.3) is 0 Å². The Bertz CT molecular complexity index is 408. The first-order valence-electron chi connectivity index (χ1n) is 5.80. The zero-order chi connectivity index (χ0) is 12.3. The van der Waals surface area contributed by atoms with Crippen LogP contribution >= 0.6 is 0 Å². The molecule has 0 bridgehead atoms. The molecule has 5 heteroatoms. The number of aliphatic hydroxyl groups is 1. The van der Waals surface area contributed by atoms with Gasteiger partial charge < -0.3 is 15.1 Å². The maximum Gasteiger partial charge on any atom is 0.339 e. The highest BCUT2D eigenvalue weighted by molar-refractivity contribution is 5.93. The Morgan fingerprint density at radius 3 is 3.06 bits per heavy atom. The first-order valence-corrected chi connectivity index (χ1v) is 5.80. The van der Waals surface area contributed by atoms with E-state index in [4.69, 9.17) is 5.11 Å². The maximum atomic E-state index is 11.1. The largest absolute Gasteiger partial charge is 0.478 e. The Labute approximate surface area is 99.7 Å². The Morgan fingerprint density at radius 2 is 2.35 bits per heavy atom. The third-order valence-electron chi connectivity index (χ3n) is 3.13. The second kappa shape index (κ2) is 5.14. The highest BCUT2D eigenvalue weighted by Crippen LogP contribution is 2.25. The summed E-state index contributed by atoms with van der Waals surface area (Å²) in [6.07, 6.45) is 4.54. The molecule has 0 radical (unpaired) electrons. The molecule has 92 valence electrons. The van der Waals surface area contributed by atoms with Gasteiger partial charge in [0.2, 0.25) is 0 Å². The van der Waals surface area contributed by atoms with E-state index in [1.807, 2.05) is 4.90 Å². The molecule has 0 spiro atoms. The van der Waals surface area contributed by atoms with E-state index < -0.39 is 5.97 Å². The van der Waals surface area contributed by atoms with Crippen LogP contribution in [-0.4, -0.2) is 40.4 Å². The molecular formula is C12H16N2O3. The van der Waals surface area contributed by atoms with E-state index in [0.717, 1.165) is 25.8 Å². The molecular weight excluding hydrogens is 220 g/mol. The molecule has 0 aliphatic carbocycles. The van der Waals surface area contributed by atoms with E-state index in [0.29, 0.717) is 5.82 Å². The molecule has 17 heavy (non-hydrogen) atoms. The molecule has 1 atom stereocenters. The minimum Gasteiger partial charge on any atom is -0.478 e. The minimum atomic E-state index is -0.977. The van der Waals surface area contributed by atoms with Gasteiger partial charge in [-0.2, -0.15) is 0 Å². The number of rotatable bonds is 3. The topological polar surface area (TPSA) is 73.7 Å². The van der Waals surface area contributed by atoms with Crippen LogP contribution in [0.3, 0.4) is 0 Å². The molecule has 2 N–H and O–H groups in total. The number of pyridine rings is 1. The van der Waals surface area contributed by atoms with Gasteiger partial charge in [0.05, 0.1) is 12.6 Å². The number of carboxylic acids is 1. The number of carbonyl (C=O) groups is 1. The molecule has 1 aliphatic heterocycles. The van der Waals surface area contributed by atoms with Gasteiger partial charge in [-0.3, -0.25) is 0 Å². The summed E-state index contributed by atoms with van der Waals surface area (Å²) in [5, 5.41) is 18.5. The minimum absolute atomic E-state index is 0.0169. The summed E-state index contributed by atoms with van der Waals surface area (Å²) in [6.45, 7) is 0.790. The van der Waals surface area contributed by atoms with Crippen LogP contribution in [-0.2, 0) is 0 Å². The third kappa shape index (κ3) is 2.39. The van der Waals surface area contributed by atoms with Crippen LogP contribution in [0.25, 0.3) is 0 Å². The van der Waals surface area contributed by atoms with Gasteiger partial charge in [-0.15, -0.1) is 0 Å². The predicted octanol–water partition coefficient (Wildman–Crippen LogP) is 1.13. The Hall–Kier alpha value is -1.62. The molecule has 2 rings (SSSR count). The van der Waals surface area contributed by atoms with E-state index in [2.05, 4.69) is 4.98 Å². The molecule has 1 saturated heterocycles. The van der Waals surface area contributed by atoms with E-state index in [9.17, 15) is 9.90 Å². The number of nitrogens with zero attached hydrogens (tertiary/aromatic N) is 2. The molecule has 1 fully saturated rings. The van der Waals surface area contributed by atoms with Gasteiger partial charge in [0, 0.05) is 12.7 Å². The van der Waals surface area contributed by atoms with Crippen molar-refractivity contribution in [2.75, 3.05) is 18.1 Å². The van der Waals surface area contributed by atoms with Crippen molar-refractivity contribution >= 4 is 11.8 Å². The van der Waals surface area contributed by atoms with E-state index in [1.54, 1.807) is 18.3 Å². The normalized spacial score (nSPS) is 20.3. The molecule has 0 amide bonds. The lowest BCUT2D eigenvalue weighted by Gasteiger charge is -2.36. The zero-order valence-electron chi connectivity index (χ0n) is 9.54. The number of piperidine rings is 1. The van der Waals surface area contributed by atoms with Crippen LogP contribution in [0.1, 0.15) is 29.6 Å². The third-order valence-corrected chi connectivity index (χ3v) is 3.13. The number of aromatic nitrogens is 1. The fourth-order valence-corrected chi connectivity index (χ4v) is 2.26. The van der Waals surface area contributed by atoms with Crippen LogP contribution in [0.4, 0.5) is 5.82 Å². The van der Waals surface area contributed by atoms with Crippen molar-refractivity contribution in [2.45, 2.75) is 25.3 Å². The van der Waals surface area contributed by atoms with Gasteiger partial charge in [-0.1, -0.05) is 0 Å². The molecule has 0 unspecified atom stereocenters. The second-order valence-electron chi connectivity index (χ2n) is 4.21. The number of aromatic carboxylic acids is 1. The van der Waals surface area contributed by atoms with E-state index in [-0.39, 0.29) is 18.2 Å². The lowest BCUT2D eigenvalue weighted by Crippen LogP contribution is -2.43. The van der Waals surface area contributed by atoms with Crippen molar-refractivity contribution in [3.05, 3.63) is 23.9 Å². The van der Waals surface area contributed by atoms with E-state index >= 15 is 0 Å². The molecule has 0 aromatic carbocycles. The van der Waals surface area contributed by atoms with Crippen LogP contribution in [0.5, 0.6) is 0 Å². The van der Waals surface area contributed by atoms with Crippen molar-refractivity contribution in [3.8, 4) is 0 Å². The van der Waals surface area contributed by atoms with Gasteiger partial charge in [-0.25, -0.2) is 9.78 Å². The first-order chi connectivity index (χ1) is 8.24. The molecule has 5 nitrogen and oxygen atoms in total. The number of anilines is 1. The average Bonchev–Trinajstić information content (AvgIpc) is 2.38. The molecule has 1 aromatic heterocycles. The number of hydrogen-bond acceptors (Lipinski definition) is 4. The van der Waals surface area contributed by atoms with Gasteiger partial charge in [-0.05, 0) is 31.4 Å². The van der Waals surface area contributed by atoms with Crippen LogP contribution < -0.4 is 4.90 Å². The van der Waals surface area contributed by atoms with Gasteiger partial charge >= 0.3 is 5.97 Å². The Kier molecular flexibility index (Phi) is 3.58. The smallest absolute Gasteiger partial charge is 0.339 e. The van der Waals surface area contributed by atoms with Crippen molar-refractivity contribution in [3.63, 3.8) is 0 Å². The summed E-state index contributed by atoms with van der Waals surface area (Å²) in [7, 11) is 0. The lowest BCUT2D eigenvalue weighted by molar-refractivity contribution is 0.0696. The van der Waals surface area contributed by atoms with Crippen LogP contribution in [0.15, 0.2) is 18.3 Å². The fourth-order valence-electron chi connectivity index (χ4n) is 2.26. The summed E-state index contributed by atoms with van der Waals surface area (Å²) in [5.74, 6) is -0.505.